The minimum atomic E-state index is 0.113. The van der Waals surface area contributed by atoms with Gasteiger partial charge in [-0.25, -0.2) is 0 Å². The molecule has 1 N–H and O–H groups in total. The zero-order valence-electron chi connectivity index (χ0n) is 19.8. The van der Waals surface area contributed by atoms with Crippen LogP contribution in [0.25, 0.3) is 0 Å². The molecule has 10 heteroatoms. The van der Waals surface area contributed by atoms with Crippen molar-refractivity contribution in [2.45, 2.75) is 0 Å². The van der Waals surface area contributed by atoms with Gasteiger partial charge < -0.3 is 28.8 Å². The molecule has 1 aliphatic rings. The zero-order valence-corrected chi connectivity index (χ0v) is 19.8. The number of β-amino-alcohol motifs (C(OH)–C–C–N with tert-alkyl or cyclic N) is 1. The van der Waals surface area contributed by atoms with Crippen molar-refractivity contribution in [2.24, 2.45) is 0 Å². The number of aliphatic hydroxyl groups excluding tert-OH is 1. The first-order valence-corrected chi connectivity index (χ1v) is 11.7. The van der Waals surface area contributed by atoms with E-state index >= 15 is 0 Å². The van der Waals surface area contributed by atoms with Crippen molar-refractivity contribution in [3.63, 3.8) is 0 Å². The number of nitrogens with zero attached hydrogens (tertiary/aromatic N) is 4. The van der Waals surface area contributed by atoms with E-state index in [9.17, 15) is 5.11 Å². The van der Waals surface area contributed by atoms with Crippen molar-refractivity contribution in [1.29, 1.82) is 10.5 Å². The lowest BCUT2D eigenvalue weighted by atomic mass is 10.1. The van der Waals surface area contributed by atoms with Gasteiger partial charge in [0.2, 0.25) is 0 Å². The van der Waals surface area contributed by atoms with Crippen LogP contribution in [0, 0.1) is 22.7 Å². The number of nitriles is 2. The van der Waals surface area contributed by atoms with Crippen LogP contribution in [0.5, 0.6) is 5.75 Å². The van der Waals surface area contributed by atoms with E-state index in [1.54, 1.807) is 18.2 Å². The van der Waals surface area contributed by atoms with Gasteiger partial charge in [-0.1, -0.05) is 0 Å². The number of aliphatic hydroxyl groups is 1. The molecule has 0 radical (unpaired) electrons. The molecule has 0 spiro atoms. The molecular weight excluding hydrogens is 440 g/mol. The molecule has 10 nitrogen and oxygen atoms in total. The van der Waals surface area contributed by atoms with Crippen molar-refractivity contribution < 1.29 is 28.8 Å². The van der Waals surface area contributed by atoms with Crippen molar-refractivity contribution >= 4 is 0 Å². The van der Waals surface area contributed by atoms with Gasteiger partial charge in [0.15, 0.2) is 0 Å². The second kappa shape index (κ2) is 18.1. The Balaban J connectivity index is 1.77. The summed E-state index contributed by atoms with van der Waals surface area (Å²) < 4.78 is 28.5. The molecule has 1 saturated heterocycles. The highest BCUT2D eigenvalue weighted by molar-refractivity contribution is 5.49. The highest BCUT2D eigenvalue weighted by Gasteiger charge is 2.09. The van der Waals surface area contributed by atoms with Crippen LogP contribution < -0.4 is 4.74 Å². The third-order valence-electron chi connectivity index (χ3n) is 5.28. The van der Waals surface area contributed by atoms with E-state index in [2.05, 4.69) is 9.80 Å². The average molecular weight is 477 g/mol. The molecule has 0 unspecified atom stereocenters. The van der Waals surface area contributed by atoms with E-state index in [4.69, 9.17) is 34.2 Å². The Morgan fingerprint density at radius 3 is 1.71 bits per heavy atom. The van der Waals surface area contributed by atoms with E-state index in [0.29, 0.717) is 89.4 Å². The van der Waals surface area contributed by atoms with Crippen LogP contribution in [0.15, 0.2) is 18.2 Å². The van der Waals surface area contributed by atoms with Crippen molar-refractivity contribution in [3.05, 3.63) is 29.3 Å². The van der Waals surface area contributed by atoms with Gasteiger partial charge in [0.25, 0.3) is 0 Å². The summed E-state index contributed by atoms with van der Waals surface area (Å²) in [6.07, 6.45) is 0. The number of rotatable bonds is 6. The summed E-state index contributed by atoms with van der Waals surface area (Å²) in [5.74, 6) is 0.566. The third-order valence-corrected chi connectivity index (χ3v) is 5.28. The smallest absolute Gasteiger partial charge is 0.120 e. The minimum Gasteiger partial charge on any atom is -0.492 e. The van der Waals surface area contributed by atoms with Gasteiger partial charge in [-0.15, -0.1) is 0 Å². The molecule has 1 fully saturated rings. The van der Waals surface area contributed by atoms with E-state index in [1.165, 1.54) is 0 Å². The van der Waals surface area contributed by atoms with Gasteiger partial charge >= 0.3 is 0 Å². The maximum Gasteiger partial charge on any atom is 0.120 e. The normalized spacial score (nSPS) is 18.8. The molecule has 0 amide bonds. The Bertz CT molecular complexity index is 747. The van der Waals surface area contributed by atoms with Crippen molar-refractivity contribution in [2.75, 3.05) is 105 Å². The monoisotopic (exact) mass is 476 g/mol. The van der Waals surface area contributed by atoms with Gasteiger partial charge in [0.1, 0.15) is 24.5 Å². The zero-order chi connectivity index (χ0) is 24.3. The number of hydrogen-bond acceptors (Lipinski definition) is 10. The van der Waals surface area contributed by atoms with Crippen LogP contribution in [0.4, 0.5) is 0 Å². The lowest BCUT2D eigenvalue weighted by Crippen LogP contribution is -2.35. The lowest BCUT2D eigenvalue weighted by Gasteiger charge is -2.23. The highest BCUT2D eigenvalue weighted by Crippen LogP contribution is 2.16. The Hall–Kier alpha value is -2.28. The first-order valence-electron chi connectivity index (χ1n) is 11.7. The Morgan fingerprint density at radius 2 is 1.24 bits per heavy atom. The number of hydrogen-bond donors (Lipinski definition) is 1. The molecule has 1 aromatic carbocycles. The third kappa shape index (κ3) is 11.7. The summed E-state index contributed by atoms with van der Waals surface area (Å²) in [6, 6.07) is 8.91. The average Bonchev–Trinajstić information content (AvgIpc) is 2.85. The van der Waals surface area contributed by atoms with E-state index < -0.39 is 0 Å². The molecule has 0 saturated carbocycles. The Morgan fingerprint density at radius 1 is 0.735 bits per heavy atom. The van der Waals surface area contributed by atoms with Crippen LogP contribution in [-0.4, -0.2) is 120 Å². The summed E-state index contributed by atoms with van der Waals surface area (Å²) in [6.45, 7) is 9.14. The summed E-state index contributed by atoms with van der Waals surface area (Å²) in [7, 11) is 0. The number of ether oxygens (including phenoxy) is 5. The standard InChI is InChI=1S/C24H36N4O6/c25-20-22-1-2-24(19-23(22)21-26)34-14-8-28-6-12-32-17-15-30-10-4-27(3-9-29)5-11-31-16-18-33-13-7-28/h1-2,19,29H,3-18H2. The second-order valence-corrected chi connectivity index (χ2v) is 7.64. The number of benzene rings is 1. The van der Waals surface area contributed by atoms with Crippen LogP contribution in [0.3, 0.4) is 0 Å². The molecule has 0 atom stereocenters. The summed E-state index contributed by atoms with van der Waals surface area (Å²) in [4.78, 5) is 4.32. The molecule has 0 aliphatic carbocycles. The van der Waals surface area contributed by atoms with Crippen LogP contribution in [-0.2, 0) is 18.9 Å². The van der Waals surface area contributed by atoms with E-state index in [1.807, 2.05) is 12.1 Å². The van der Waals surface area contributed by atoms with Gasteiger partial charge in [0, 0.05) is 39.3 Å². The second-order valence-electron chi connectivity index (χ2n) is 7.64. The summed E-state index contributed by atoms with van der Waals surface area (Å²) >= 11 is 0. The molecule has 0 bridgehead atoms. The molecule has 1 aliphatic heterocycles. The van der Waals surface area contributed by atoms with Gasteiger partial charge in [-0.05, 0) is 18.2 Å². The molecule has 0 aromatic heterocycles. The fourth-order valence-corrected chi connectivity index (χ4v) is 3.33. The fourth-order valence-electron chi connectivity index (χ4n) is 3.33. The van der Waals surface area contributed by atoms with Crippen LogP contribution in [0.2, 0.25) is 0 Å². The Kier molecular flexibility index (Phi) is 14.9. The van der Waals surface area contributed by atoms with Gasteiger partial charge in [-0.3, -0.25) is 9.80 Å². The highest BCUT2D eigenvalue weighted by atomic mass is 16.5. The van der Waals surface area contributed by atoms with Crippen molar-refractivity contribution in [1.82, 2.24) is 9.80 Å². The minimum absolute atomic E-state index is 0.113. The predicted octanol–water partition coefficient (Wildman–Crippen LogP) is 0.485. The quantitative estimate of drug-likeness (QED) is 0.621. The van der Waals surface area contributed by atoms with E-state index in [-0.39, 0.29) is 6.61 Å². The van der Waals surface area contributed by atoms with Crippen molar-refractivity contribution in [3.8, 4) is 17.9 Å². The van der Waals surface area contributed by atoms with Gasteiger partial charge in [0.05, 0.1) is 70.6 Å². The summed E-state index contributed by atoms with van der Waals surface area (Å²) in [5, 5.41) is 27.4. The predicted molar refractivity (Wildman–Crippen MR) is 125 cm³/mol. The molecule has 34 heavy (non-hydrogen) atoms. The lowest BCUT2D eigenvalue weighted by molar-refractivity contribution is 0.00536. The molecular formula is C24H36N4O6. The maximum absolute atomic E-state index is 9.19. The molecule has 2 rings (SSSR count). The topological polar surface area (TPSA) is 120 Å². The van der Waals surface area contributed by atoms with Crippen LogP contribution in [0.1, 0.15) is 11.1 Å². The van der Waals surface area contributed by atoms with Crippen LogP contribution >= 0.6 is 0 Å². The SMILES string of the molecule is N#Cc1ccc(OCCN2CCOCCOCCN(CCO)CCOCCOCC2)cc1C#N. The fraction of sp³-hybridized carbons (Fsp3) is 0.667. The molecule has 188 valence electrons. The first-order chi connectivity index (χ1) is 16.8. The maximum atomic E-state index is 9.19. The first kappa shape index (κ1) is 28.0. The van der Waals surface area contributed by atoms with E-state index in [0.717, 1.165) is 26.2 Å². The Labute approximate surface area is 202 Å². The largest absolute Gasteiger partial charge is 0.492 e. The molecule has 1 heterocycles. The summed E-state index contributed by atoms with van der Waals surface area (Å²) in [5.41, 5.74) is 0.649. The molecule has 1 aromatic rings. The van der Waals surface area contributed by atoms with Gasteiger partial charge in [-0.2, -0.15) is 10.5 Å².